The van der Waals surface area contributed by atoms with Crippen molar-refractivity contribution in [2.45, 2.75) is 31.8 Å². The van der Waals surface area contributed by atoms with Crippen LogP contribution in [0.3, 0.4) is 0 Å². The fourth-order valence-corrected chi connectivity index (χ4v) is 4.56. The van der Waals surface area contributed by atoms with Crippen LogP contribution in [0.4, 0.5) is 4.39 Å². The van der Waals surface area contributed by atoms with Gasteiger partial charge in [0.25, 0.3) is 11.5 Å². The van der Waals surface area contributed by atoms with E-state index in [1.54, 1.807) is 24.3 Å². The molecule has 2 fully saturated rings. The summed E-state index contributed by atoms with van der Waals surface area (Å²) in [5.41, 5.74) is 0.752. The molecule has 0 bridgehead atoms. The van der Waals surface area contributed by atoms with E-state index in [2.05, 4.69) is 10.2 Å². The van der Waals surface area contributed by atoms with Crippen molar-refractivity contribution < 1.29 is 19.0 Å². The number of aromatic nitrogens is 2. The summed E-state index contributed by atoms with van der Waals surface area (Å²) >= 11 is 0. The maximum absolute atomic E-state index is 14.7. The lowest BCUT2D eigenvalue weighted by Crippen LogP contribution is -2.54. The van der Waals surface area contributed by atoms with Gasteiger partial charge in [0, 0.05) is 24.9 Å². The number of nitrogens with zero attached hydrogens (tertiary/aromatic N) is 3. The van der Waals surface area contributed by atoms with Gasteiger partial charge in [0.2, 0.25) is 0 Å². The molecule has 1 aromatic heterocycles. The summed E-state index contributed by atoms with van der Waals surface area (Å²) in [6.45, 7) is -0.248. The lowest BCUT2D eigenvalue weighted by Gasteiger charge is -2.36. The molecule has 3 aromatic rings. The molecule has 0 unspecified atom stereocenters. The van der Waals surface area contributed by atoms with Crippen molar-refractivity contribution in [1.82, 2.24) is 20.0 Å². The second-order valence-corrected chi connectivity index (χ2v) is 9.30. The van der Waals surface area contributed by atoms with Gasteiger partial charge in [0.15, 0.2) is 0 Å². The zero-order valence-corrected chi connectivity index (χ0v) is 20.1. The first-order chi connectivity index (χ1) is 17.8. The Bertz CT molecular complexity index is 1450. The summed E-state index contributed by atoms with van der Waals surface area (Å²) in [4.78, 5) is 28.2. The molecule has 1 amide bonds. The van der Waals surface area contributed by atoms with Crippen LogP contribution in [0.1, 0.15) is 40.9 Å². The highest BCUT2D eigenvalue weighted by molar-refractivity contribution is 6.03. The number of carbonyl (C=O) groups excluding carboxylic acids is 1. The van der Waals surface area contributed by atoms with E-state index in [1.165, 1.54) is 21.9 Å². The van der Waals surface area contributed by atoms with Crippen molar-refractivity contribution in [3.63, 3.8) is 0 Å². The number of benzene rings is 2. The zero-order valence-electron chi connectivity index (χ0n) is 20.1. The van der Waals surface area contributed by atoms with Gasteiger partial charge in [0.05, 0.1) is 29.3 Å². The molecule has 10 nitrogen and oxygen atoms in total. The van der Waals surface area contributed by atoms with Crippen LogP contribution in [0, 0.1) is 16.6 Å². The van der Waals surface area contributed by atoms with Crippen molar-refractivity contribution in [3.8, 4) is 5.75 Å². The van der Waals surface area contributed by atoms with E-state index in [0.717, 1.165) is 19.3 Å². The highest BCUT2D eigenvalue weighted by Crippen LogP contribution is 2.28. The minimum Gasteiger partial charge on any atom is -0.490 e. The Balaban J connectivity index is 1.39. The fraction of sp³-hybridized carbons (Fsp3) is 0.346. The van der Waals surface area contributed by atoms with Crippen LogP contribution < -0.4 is 10.3 Å². The lowest BCUT2D eigenvalue weighted by atomic mass is 9.96. The molecule has 37 heavy (non-hydrogen) atoms. The molecule has 1 saturated carbocycles. The number of aliphatic hydroxyl groups excluding tert-OH is 1. The quantitative estimate of drug-likeness (QED) is 0.298. The summed E-state index contributed by atoms with van der Waals surface area (Å²) in [6, 6.07) is 9.55. The smallest absolute Gasteiger partial charge is 0.272 e. The van der Waals surface area contributed by atoms with Crippen molar-refractivity contribution in [3.05, 3.63) is 69.4 Å². The van der Waals surface area contributed by atoms with E-state index in [-0.39, 0.29) is 55.0 Å². The standard InChI is InChI=1S/C26H27FN6O4/c27-21-7-4-15(10-20(21)26(36)32-8-9-33(23(28)13-32)24(29)14-34)11-22-19-12-17(37-16-2-1-3-16)5-6-18(19)25(35)31-30-22/h4-7,10,12,16,28-29,34H,1-3,8-9,11,13-14H2,(H,31,35). The molecule has 2 heterocycles. The Hall–Kier alpha value is -4.12. The SMILES string of the molecule is N=C(CO)N1CCN(C(=O)c2cc(Cc3n[nH]c(=O)c4ccc(OC5CCC5)cc34)ccc2F)CC1=N. The zero-order chi connectivity index (χ0) is 26.1. The van der Waals surface area contributed by atoms with Gasteiger partial charge in [0.1, 0.15) is 29.8 Å². The number of amides is 1. The van der Waals surface area contributed by atoms with E-state index < -0.39 is 18.3 Å². The molecule has 1 aliphatic heterocycles. The number of hydrogen-bond donors (Lipinski definition) is 4. The van der Waals surface area contributed by atoms with Crippen LogP contribution >= 0.6 is 0 Å². The number of aromatic amines is 1. The summed E-state index contributed by atoms with van der Waals surface area (Å²) in [6.07, 6.45) is 3.57. The first-order valence-electron chi connectivity index (χ1n) is 12.1. The molecule has 192 valence electrons. The van der Waals surface area contributed by atoms with Gasteiger partial charge in [-0.1, -0.05) is 6.07 Å². The molecule has 1 aliphatic carbocycles. The number of ether oxygens (including phenoxy) is 1. The first-order valence-corrected chi connectivity index (χ1v) is 12.1. The summed E-state index contributed by atoms with van der Waals surface area (Å²) in [5.74, 6) is -0.709. The van der Waals surface area contributed by atoms with Crippen LogP contribution in [-0.2, 0) is 6.42 Å². The van der Waals surface area contributed by atoms with Gasteiger partial charge < -0.3 is 19.6 Å². The van der Waals surface area contributed by atoms with E-state index in [0.29, 0.717) is 27.8 Å². The topological polar surface area (TPSA) is 146 Å². The number of hydrogen-bond acceptors (Lipinski definition) is 7. The van der Waals surface area contributed by atoms with Crippen molar-refractivity contribution in [1.29, 1.82) is 10.8 Å². The third-order valence-corrected chi connectivity index (χ3v) is 6.85. The summed E-state index contributed by atoms with van der Waals surface area (Å²) < 4.78 is 20.7. The molecule has 2 aliphatic rings. The number of rotatable bonds is 6. The average Bonchev–Trinajstić information content (AvgIpc) is 2.88. The molecule has 0 radical (unpaired) electrons. The van der Waals surface area contributed by atoms with Crippen LogP contribution in [-0.4, -0.2) is 75.0 Å². The van der Waals surface area contributed by atoms with Crippen LogP contribution in [0.15, 0.2) is 41.2 Å². The maximum atomic E-state index is 14.7. The number of H-pyrrole nitrogens is 1. The number of nitrogens with one attached hydrogen (secondary N) is 3. The van der Waals surface area contributed by atoms with Gasteiger partial charge in [-0.05, 0) is 55.2 Å². The van der Waals surface area contributed by atoms with E-state index in [1.807, 2.05) is 0 Å². The first kappa shape index (κ1) is 24.6. The number of fused-ring (bicyclic) bond motifs is 1. The molecule has 2 aromatic carbocycles. The van der Waals surface area contributed by atoms with Gasteiger partial charge in [-0.25, -0.2) is 9.49 Å². The van der Waals surface area contributed by atoms with Crippen molar-refractivity contribution in [2.75, 3.05) is 26.2 Å². The Morgan fingerprint density at radius 2 is 2.00 bits per heavy atom. The van der Waals surface area contributed by atoms with Gasteiger partial charge in [-0.3, -0.25) is 20.4 Å². The predicted octanol–water partition coefficient (Wildman–Crippen LogP) is 2.29. The van der Waals surface area contributed by atoms with Crippen LogP contribution in [0.2, 0.25) is 0 Å². The third kappa shape index (κ3) is 4.94. The van der Waals surface area contributed by atoms with E-state index >= 15 is 0 Å². The second kappa shape index (κ2) is 10.1. The number of aliphatic hydroxyl groups is 1. The monoisotopic (exact) mass is 506 g/mol. The number of amidine groups is 2. The van der Waals surface area contributed by atoms with Gasteiger partial charge in [-0.2, -0.15) is 5.10 Å². The molecular weight excluding hydrogens is 479 g/mol. The molecule has 1 saturated heterocycles. The number of piperazine rings is 1. The molecule has 5 rings (SSSR count). The Morgan fingerprint density at radius 3 is 2.70 bits per heavy atom. The lowest BCUT2D eigenvalue weighted by molar-refractivity contribution is 0.0751. The minimum atomic E-state index is -0.679. The third-order valence-electron chi connectivity index (χ3n) is 6.85. The minimum absolute atomic E-state index is 0.0148. The van der Waals surface area contributed by atoms with Crippen LogP contribution in [0.25, 0.3) is 10.8 Å². The normalized spacial score (nSPS) is 16.1. The highest BCUT2D eigenvalue weighted by atomic mass is 19.1. The summed E-state index contributed by atoms with van der Waals surface area (Å²) in [5, 5.41) is 32.9. The number of halogens is 1. The Kier molecular flexibility index (Phi) is 6.70. The maximum Gasteiger partial charge on any atom is 0.272 e. The molecular formula is C26H27FN6O4. The molecule has 4 N–H and O–H groups in total. The predicted molar refractivity (Wildman–Crippen MR) is 135 cm³/mol. The van der Waals surface area contributed by atoms with E-state index in [4.69, 9.17) is 15.6 Å². The Morgan fingerprint density at radius 1 is 1.19 bits per heavy atom. The second-order valence-electron chi connectivity index (χ2n) is 9.30. The van der Waals surface area contributed by atoms with E-state index in [9.17, 15) is 19.1 Å². The van der Waals surface area contributed by atoms with Crippen molar-refractivity contribution in [2.24, 2.45) is 0 Å². The van der Waals surface area contributed by atoms with Gasteiger partial charge >= 0.3 is 0 Å². The molecule has 0 spiro atoms. The van der Waals surface area contributed by atoms with Crippen molar-refractivity contribution >= 4 is 28.4 Å². The Labute approximate surface area is 211 Å². The molecule has 11 heteroatoms. The average molecular weight is 507 g/mol. The summed E-state index contributed by atoms with van der Waals surface area (Å²) in [7, 11) is 0. The largest absolute Gasteiger partial charge is 0.490 e. The highest BCUT2D eigenvalue weighted by Gasteiger charge is 2.29. The van der Waals surface area contributed by atoms with Gasteiger partial charge in [-0.15, -0.1) is 0 Å². The molecule has 0 atom stereocenters. The number of carbonyl (C=O) groups is 1. The van der Waals surface area contributed by atoms with Crippen LogP contribution in [0.5, 0.6) is 5.75 Å². The fourth-order valence-electron chi connectivity index (χ4n) is 4.56.